The van der Waals surface area contributed by atoms with Gasteiger partial charge >= 0.3 is 0 Å². The molecule has 0 aliphatic heterocycles. The highest BCUT2D eigenvalue weighted by molar-refractivity contribution is 5.47. The van der Waals surface area contributed by atoms with E-state index in [-0.39, 0.29) is 17.7 Å². The number of halogens is 2. The second kappa shape index (κ2) is 6.36. The van der Waals surface area contributed by atoms with Gasteiger partial charge in [0.15, 0.2) is 0 Å². The number of benzene rings is 1. The minimum absolute atomic E-state index is 0.271. The summed E-state index contributed by atoms with van der Waals surface area (Å²) in [5.74, 6) is 0.102. The molecule has 1 nitrogen and oxygen atoms in total. The molecule has 0 heterocycles. The van der Waals surface area contributed by atoms with E-state index in [1.807, 2.05) is 0 Å². The molecular formula is C16H23F2N. The van der Waals surface area contributed by atoms with E-state index in [1.165, 1.54) is 37.8 Å². The Bertz CT molecular complexity index is 431. The number of nitrogens with one attached hydrogen (secondary N) is 1. The molecule has 1 aliphatic rings. The third-order valence-electron chi connectivity index (χ3n) is 4.27. The summed E-state index contributed by atoms with van der Waals surface area (Å²) in [5.41, 5.74) is 0.665. The largest absolute Gasteiger partial charge is 0.380 e. The van der Waals surface area contributed by atoms with Crippen LogP contribution < -0.4 is 5.32 Å². The Hall–Kier alpha value is -1.12. The van der Waals surface area contributed by atoms with Gasteiger partial charge in [-0.1, -0.05) is 26.2 Å². The SMILES string of the molecule is CCC1CCCC(Nc2cc(F)c(C)cc2F)CC1. The fourth-order valence-electron chi connectivity index (χ4n) is 2.91. The molecule has 0 aromatic heterocycles. The van der Waals surface area contributed by atoms with Crippen molar-refractivity contribution in [3.05, 3.63) is 29.3 Å². The molecule has 106 valence electrons. The first-order valence-corrected chi connectivity index (χ1v) is 7.32. The molecule has 0 spiro atoms. The highest BCUT2D eigenvalue weighted by Gasteiger charge is 2.19. The molecule has 0 radical (unpaired) electrons. The second-order valence-electron chi connectivity index (χ2n) is 5.71. The Morgan fingerprint density at radius 1 is 1.11 bits per heavy atom. The second-order valence-corrected chi connectivity index (χ2v) is 5.71. The van der Waals surface area contributed by atoms with Gasteiger partial charge in [-0.15, -0.1) is 0 Å². The van der Waals surface area contributed by atoms with Gasteiger partial charge in [-0.25, -0.2) is 8.78 Å². The van der Waals surface area contributed by atoms with Crippen molar-refractivity contribution in [2.24, 2.45) is 5.92 Å². The summed E-state index contributed by atoms with van der Waals surface area (Å²) in [7, 11) is 0. The van der Waals surface area contributed by atoms with Crippen molar-refractivity contribution in [3.8, 4) is 0 Å². The van der Waals surface area contributed by atoms with Crippen LogP contribution >= 0.6 is 0 Å². The smallest absolute Gasteiger partial charge is 0.146 e. The van der Waals surface area contributed by atoms with Gasteiger partial charge in [0.2, 0.25) is 0 Å². The molecule has 0 saturated heterocycles. The van der Waals surface area contributed by atoms with E-state index in [2.05, 4.69) is 12.2 Å². The van der Waals surface area contributed by atoms with Crippen LogP contribution in [0.1, 0.15) is 51.0 Å². The zero-order valence-corrected chi connectivity index (χ0v) is 11.8. The van der Waals surface area contributed by atoms with Crippen LogP contribution in [0.2, 0.25) is 0 Å². The molecule has 1 aromatic carbocycles. The van der Waals surface area contributed by atoms with Gasteiger partial charge in [-0.05, 0) is 43.7 Å². The summed E-state index contributed by atoms with van der Waals surface area (Å²) < 4.78 is 27.3. The van der Waals surface area contributed by atoms with Gasteiger partial charge in [-0.2, -0.15) is 0 Å². The molecular weight excluding hydrogens is 244 g/mol. The van der Waals surface area contributed by atoms with Crippen LogP contribution in [0.25, 0.3) is 0 Å². The van der Waals surface area contributed by atoms with Crippen LogP contribution in [0.4, 0.5) is 14.5 Å². The van der Waals surface area contributed by atoms with E-state index >= 15 is 0 Å². The first-order chi connectivity index (χ1) is 9.10. The number of hydrogen-bond donors (Lipinski definition) is 1. The van der Waals surface area contributed by atoms with E-state index < -0.39 is 0 Å². The summed E-state index contributed by atoms with van der Waals surface area (Å²) in [5, 5.41) is 3.19. The molecule has 2 unspecified atom stereocenters. The standard InChI is InChI=1S/C16H23F2N/c1-3-12-5-4-6-13(8-7-12)19-16-10-14(17)11(2)9-15(16)18/h9-10,12-13,19H,3-8H2,1-2H3. The summed E-state index contributed by atoms with van der Waals surface area (Å²) in [6, 6.07) is 2.82. The fourth-order valence-corrected chi connectivity index (χ4v) is 2.91. The number of hydrogen-bond acceptors (Lipinski definition) is 1. The molecule has 19 heavy (non-hydrogen) atoms. The van der Waals surface area contributed by atoms with Crippen molar-refractivity contribution >= 4 is 5.69 Å². The van der Waals surface area contributed by atoms with E-state index in [0.29, 0.717) is 11.3 Å². The average Bonchev–Trinajstić information content (AvgIpc) is 2.61. The molecule has 1 fully saturated rings. The van der Waals surface area contributed by atoms with Gasteiger partial charge < -0.3 is 5.32 Å². The van der Waals surface area contributed by atoms with Gasteiger partial charge in [0.1, 0.15) is 11.6 Å². The third-order valence-corrected chi connectivity index (χ3v) is 4.27. The van der Waals surface area contributed by atoms with Crippen molar-refractivity contribution in [3.63, 3.8) is 0 Å². The van der Waals surface area contributed by atoms with Crippen LogP contribution in [0.5, 0.6) is 0 Å². The van der Waals surface area contributed by atoms with Crippen molar-refractivity contribution < 1.29 is 8.78 Å². The number of anilines is 1. The molecule has 1 aromatic rings. The summed E-state index contributed by atoms with van der Waals surface area (Å²) in [4.78, 5) is 0. The monoisotopic (exact) mass is 267 g/mol. The lowest BCUT2D eigenvalue weighted by Gasteiger charge is -2.19. The predicted molar refractivity (Wildman–Crippen MR) is 75.4 cm³/mol. The zero-order valence-electron chi connectivity index (χ0n) is 11.8. The Morgan fingerprint density at radius 2 is 1.89 bits per heavy atom. The Kier molecular flexibility index (Phi) is 4.78. The minimum atomic E-state index is -0.352. The first-order valence-electron chi connectivity index (χ1n) is 7.32. The van der Waals surface area contributed by atoms with E-state index in [1.54, 1.807) is 6.92 Å². The quantitative estimate of drug-likeness (QED) is 0.756. The van der Waals surface area contributed by atoms with Crippen LogP contribution in [-0.2, 0) is 0 Å². The first kappa shape index (κ1) is 14.3. The maximum absolute atomic E-state index is 13.8. The Labute approximate surface area is 114 Å². The lowest BCUT2D eigenvalue weighted by Crippen LogP contribution is -2.19. The molecule has 0 bridgehead atoms. The third kappa shape index (κ3) is 3.68. The minimum Gasteiger partial charge on any atom is -0.380 e. The summed E-state index contributed by atoms with van der Waals surface area (Å²) >= 11 is 0. The fraction of sp³-hybridized carbons (Fsp3) is 0.625. The van der Waals surface area contributed by atoms with Crippen LogP contribution in [-0.4, -0.2) is 6.04 Å². The number of rotatable bonds is 3. The maximum Gasteiger partial charge on any atom is 0.146 e. The van der Waals surface area contributed by atoms with Crippen LogP contribution in [0, 0.1) is 24.5 Å². The topological polar surface area (TPSA) is 12.0 Å². The van der Waals surface area contributed by atoms with Gasteiger partial charge in [0.25, 0.3) is 0 Å². The van der Waals surface area contributed by atoms with E-state index in [0.717, 1.165) is 18.8 Å². The van der Waals surface area contributed by atoms with Gasteiger partial charge in [-0.3, -0.25) is 0 Å². The molecule has 1 saturated carbocycles. The number of aryl methyl sites for hydroxylation is 1. The summed E-state index contributed by atoms with van der Waals surface area (Å²) in [6.07, 6.45) is 6.94. The molecule has 2 atom stereocenters. The van der Waals surface area contributed by atoms with E-state index in [9.17, 15) is 8.78 Å². The van der Waals surface area contributed by atoms with E-state index in [4.69, 9.17) is 0 Å². The molecule has 2 rings (SSSR count). The van der Waals surface area contributed by atoms with Crippen molar-refractivity contribution in [1.29, 1.82) is 0 Å². The molecule has 3 heteroatoms. The van der Waals surface area contributed by atoms with Gasteiger partial charge in [0, 0.05) is 12.1 Å². The lowest BCUT2D eigenvalue weighted by molar-refractivity contribution is 0.444. The lowest BCUT2D eigenvalue weighted by atomic mass is 9.98. The molecule has 1 N–H and O–H groups in total. The highest BCUT2D eigenvalue weighted by Crippen LogP contribution is 2.28. The Morgan fingerprint density at radius 3 is 2.63 bits per heavy atom. The summed E-state index contributed by atoms with van der Waals surface area (Å²) in [6.45, 7) is 3.81. The van der Waals surface area contributed by atoms with Crippen molar-refractivity contribution in [1.82, 2.24) is 0 Å². The molecule has 0 amide bonds. The maximum atomic E-state index is 13.8. The van der Waals surface area contributed by atoms with Crippen LogP contribution in [0.3, 0.4) is 0 Å². The van der Waals surface area contributed by atoms with Crippen molar-refractivity contribution in [2.45, 2.75) is 58.4 Å². The average molecular weight is 267 g/mol. The highest BCUT2D eigenvalue weighted by atomic mass is 19.1. The normalized spacial score (nSPS) is 24.0. The van der Waals surface area contributed by atoms with Crippen LogP contribution in [0.15, 0.2) is 12.1 Å². The Balaban J connectivity index is 2.03. The van der Waals surface area contributed by atoms with Crippen molar-refractivity contribution in [2.75, 3.05) is 5.32 Å². The predicted octanol–water partition coefficient (Wildman–Crippen LogP) is 5.04. The zero-order chi connectivity index (χ0) is 13.8. The van der Waals surface area contributed by atoms with Gasteiger partial charge in [0.05, 0.1) is 5.69 Å². The molecule has 1 aliphatic carbocycles.